The average molecular weight is 579 g/mol. The second kappa shape index (κ2) is 10.8. The Labute approximate surface area is 237 Å². The number of hydrogen-bond donors (Lipinski definition) is 2. The van der Waals surface area contributed by atoms with E-state index in [4.69, 9.17) is 4.55 Å². The largest absolute Gasteiger partial charge is 0.494 e. The van der Waals surface area contributed by atoms with Crippen LogP contribution in [0.5, 0.6) is 5.88 Å². The number of anilines is 1. The Morgan fingerprint density at radius 3 is 2.54 bits per heavy atom. The Kier molecular flexibility index (Phi) is 7.80. The highest BCUT2D eigenvalue weighted by Gasteiger charge is 2.44. The Morgan fingerprint density at radius 1 is 1.17 bits per heavy atom. The van der Waals surface area contributed by atoms with E-state index in [0.29, 0.717) is 24.1 Å². The van der Waals surface area contributed by atoms with Crippen LogP contribution in [0.4, 0.5) is 5.69 Å². The first-order valence-electron chi connectivity index (χ1n) is 12.8. The maximum absolute atomic E-state index is 12.5. The van der Waals surface area contributed by atoms with E-state index in [1.54, 1.807) is 6.08 Å². The van der Waals surface area contributed by atoms with Crippen LogP contribution >= 0.6 is 0 Å². The number of aromatic hydroxyl groups is 1. The van der Waals surface area contributed by atoms with E-state index in [1.807, 2.05) is 42.4 Å². The molecule has 4 rings (SSSR count). The molecular weight excluding hydrogens is 546 g/mol. The number of aromatic nitrogens is 3. The zero-order valence-electron chi connectivity index (χ0n) is 23.5. The molecule has 3 aromatic rings. The summed E-state index contributed by atoms with van der Waals surface area (Å²) in [4.78, 5) is 26.4. The van der Waals surface area contributed by atoms with E-state index < -0.39 is 32.7 Å². The second-order valence-electron chi connectivity index (χ2n) is 10.6. The van der Waals surface area contributed by atoms with Gasteiger partial charge in [-0.05, 0) is 44.6 Å². The average Bonchev–Trinajstić information content (AvgIpc) is 3.15. The first-order chi connectivity index (χ1) is 19.2. The third-order valence-electron chi connectivity index (χ3n) is 7.47. The van der Waals surface area contributed by atoms with Crippen molar-refractivity contribution in [3.63, 3.8) is 0 Å². The molecule has 0 radical (unpaired) electrons. The van der Waals surface area contributed by atoms with Crippen molar-refractivity contribution in [3.05, 3.63) is 91.9 Å². The molecule has 0 fully saturated rings. The summed E-state index contributed by atoms with van der Waals surface area (Å²) < 4.78 is 35.1. The number of benzene rings is 1. The first kappa shape index (κ1) is 29.5. The van der Waals surface area contributed by atoms with Gasteiger partial charge in [0, 0.05) is 62.7 Å². The third-order valence-corrected chi connectivity index (χ3v) is 8.27. The maximum Gasteiger partial charge on any atom is 0.333 e. The van der Waals surface area contributed by atoms with E-state index in [-0.39, 0.29) is 11.3 Å². The zero-order chi connectivity index (χ0) is 30.3. The van der Waals surface area contributed by atoms with Crippen molar-refractivity contribution < 1.29 is 22.6 Å². The van der Waals surface area contributed by atoms with Gasteiger partial charge in [-0.2, -0.15) is 18.2 Å². The first-order valence-corrected chi connectivity index (χ1v) is 14.4. The van der Waals surface area contributed by atoms with Crippen molar-refractivity contribution >= 4 is 27.5 Å². The lowest BCUT2D eigenvalue weighted by Gasteiger charge is -2.21. The van der Waals surface area contributed by atoms with Crippen molar-refractivity contribution in [1.82, 2.24) is 9.13 Å². The number of nitriles is 1. The summed E-state index contributed by atoms with van der Waals surface area (Å²) in [5.74, 6) is -0.761. The number of rotatable bonds is 8. The van der Waals surface area contributed by atoms with Gasteiger partial charge in [0.2, 0.25) is 11.6 Å². The van der Waals surface area contributed by atoms with Gasteiger partial charge in [-0.1, -0.05) is 6.08 Å². The molecule has 11 nitrogen and oxygen atoms in total. The molecule has 214 valence electrons. The molecule has 0 saturated heterocycles. The molecule has 0 amide bonds. The van der Waals surface area contributed by atoms with Gasteiger partial charge >= 0.3 is 5.69 Å². The van der Waals surface area contributed by atoms with Crippen molar-refractivity contribution in [2.45, 2.75) is 25.7 Å². The molecule has 1 aliphatic rings. The van der Waals surface area contributed by atoms with Gasteiger partial charge in [0.25, 0.3) is 15.7 Å². The summed E-state index contributed by atoms with van der Waals surface area (Å²) in [6.07, 6.45) is 6.60. The van der Waals surface area contributed by atoms with Gasteiger partial charge < -0.3 is 10.0 Å². The summed E-state index contributed by atoms with van der Waals surface area (Å²) in [5, 5.41) is 20.2. The molecule has 3 heterocycles. The highest BCUT2D eigenvalue weighted by molar-refractivity contribution is 7.85. The van der Waals surface area contributed by atoms with Gasteiger partial charge in [-0.25, -0.2) is 4.79 Å². The van der Waals surface area contributed by atoms with E-state index in [9.17, 15) is 28.4 Å². The molecule has 0 atom stereocenters. The quantitative estimate of drug-likeness (QED) is 0.179. The van der Waals surface area contributed by atoms with Crippen LogP contribution in [0.15, 0.2) is 58.3 Å². The van der Waals surface area contributed by atoms with Crippen LogP contribution in [0.3, 0.4) is 0 Å². The van der Waals surface area contributed by atoms with Gasteiger partial charge in [-0.15, -0.1) is 0 Å². The van der Waals surface area contributed by atoms with Gasteiger partial charge in [-0.3, -0.25) is 18.5 Å². The van der Waals surface area contributed by atoms with Gasteiger partial charge in [0.15, 0.2) is 11.9 Å². The van der Waals surface area contributed by atoms with Crippen molar-refractivity contribution in [2.75, 3.05) is 24.2 Å². The molecule has 0 saturated carbocycles. The van der Waals surface area contributed by atoms with Crippen LogP contribution < -0.4 is 20.7 Å². The minimum Gasteiger partial charge on any atom is -0.494 e. The van der Waals surface area contributed by atoms with E-state index in [2.05, 4.69) is 30.6 Å². The van der Waals surface area contributed by atoms with Crippen LogP contribution in [0.1, 0.15) is 42.7 Å². The van der Waals surface area contributed by atoms with E-state index in [1.165, 1.54) is 26.2 Å². The minimum absolute atomic E-state index is 0.0667. The topological polar surface area (TPSA) is 150 Å². The van der Waals surface area contributed by atoms with Crippen LogP contribution in [0.2, 0.25) is 0 Å². The lowest BCUT2D eigenvalue weighted by molar-refractivity contribution is -0.599. The summed E-state index contributed by atoms with van der Waals surface area (Å²) in [6, 6.07) is 12.0. The molecule has 12 heteroatoms. The highest BCUT2D eigenvalue weighted by atomic mass is 32.2. The molecule has 0 spiro atoms. The lowest BCUT2D eigenvalue weighted by atomic mass is 9.82. The predicted octanol–water partition coefficient (Wildman–Crippen LogP) is 2.04. The lowest BCUT2D eigenvalue weighted by Crippen LogP contribution is -2.37. The molecule has 1 aliphatic heterocycles. The van der Waals surface area contributed by atoms with Crippen molar-refractivity contribution in [2.24, 2.45) is 14.1 Å². The van der Waals surface area contributed by atoms with Gasteiger partial charge in [0.05, 0.1) is 22.8 Å². The number of allylic oxidation sites excluding steroid dienone is 3. The third kappa shape index (κ3) is 5.59. The zero-order valence-corrected chi connectivity index (χ0v) is 24.3. The fraction of sp³-hybridized carbons (Fsp3) is 0.310. The fourth-order valence-electron chi connectivity index (χ4n) is 5.03. The number of nitrogens with zero attached hydrogens (tertiary/aromatic N) is 5. The number of fused-ring (bicyclic) bond motifs is 3. The Bertz CT molecular complexity index is 1880. The standard InChI is InChI=1S/C29H31N5O6S/c1-29(2)23-17-21(31(3)13-7-15-41(38,39)40)10-11-24(23)34-14-12-19(16-25(29)34)20(18-30)8-6-9-22-26(35)32(4)28(37)33(5)27(22)36/h6,8-12,14,16-17H,7,13,15H2,1-5H3,(H,38,39,40)/p+1. The SMILES string of the molecule is CN(CCCS(=O)(=O)O)c1ccc2c(c1)C(C)(C)c1cc(C(C#N)=CC=Cc3c(O)n(C)c(=O)n(C)c3=O)cc[n+]1-2. The molecule has 1 aromatic carbocycles. The minimum atomic E-state index is -4.01. The van der Waals surface area contributed by atoms with Crippen LogP contribution in [0, 0.1) is 11.3 Å². The molecule has 0 aliphatic carbocycles. The highest BCUT2D eigenvalue weighted by Crippen LogP contribution is 2.40. The Morgan fingerprint density at radius 2 is 1.88 bits per heavy atom. The number of pyridine rings is 1. The summed E-state index contributed by atoms with van der Waals surface area (Å²) >= 11 is 0. The Hall–Kier alpha value is -4.47. The van der Waals surface area contributed by atoms with Crippen LogP contribution in [-0.4, -0.2) is 46.6 Å². The van der Waals surface area contributed by atoms with E-state index >= 15 is 0 Å². The van der Waals surface area contributed by atoms with Crippen molar-refractivity contribution in [1.29, 1.82) is 5.26 Å². The smallest absolute Gasteiger partial charge is 0.333 e. The molecule has 0 bridgehead atoms. The second-order valence-corrected chi connectivity index (χ2v) is 12.1. The van der Waals surface area contributed by atoms with E-state index in [0.717, 1.165) is 31.8 Å². The summed E-state index contributed by atoms with van der Waals surface area (Å²) in [5.41, 5.74) is 3.18. The predicted molar refractivity (Wildman–Crippen MR) is 156 cm³/mol. The molecule has 41 heavy (non-hydrogen) atoms. The normalized spacial score (nSPS) is 14.1. The molecular formula is C29H32N5O6S+. The maximum atomic E-state index is 12.5. The molecule has 2 aromatic heterocycles. The van der Waals surface area contributed by atoms with Gasteiger partial charge in [0.1, 0.15) is 5.56 Å². The van der Waals surface area contributed by atoms with Crippen LogP contribution in [-0.2, 0) is 29.6 Å². The molecule has 0 unspecified atom stereocenters. The summed E-state index contributed by atoms with van der Waals surface area (Å²) in [6.45, 7) is 4.63. The Balaban J connectivity index is 1.64. The van der Waals surface area contributed by atoms with Crippen molar-refractivity contribution in [3.8, 4) is 17.6 Å². The fourth-order valence-corrected chi connectivity index (χ4v) is 5.52. The van der Waals surface area contributed by atoms with Crippen LogP contribution in [0.25, 0.3) is 17.3 Å². The summed E-state index contributed by atoms with van der Waals surface area (Å²) in [7, 11) is 0.544. The molecule has 2 N–H and O–H groups in total. The number of hydrogen-bond acceptors (Lipinski definition) is 7. The monoisotopic (exact) mass is 578 g/mol.